The Morgan fingerprint density at radius 2 is 0.857 bits per heavy atom. The molecule has 4 amide bonds. The molecule has 0 aromatic heterocycles. The van der Waals surface area contributed by atoms with Gasteiger partial charge in [-0.3, -0.25) is 55.7 Å². The van der Waals surface area contributed by atoms with Gasteiger partial charge in [0.05, 0.1) is 5.92 Å². The van der Waals surface area contributed by atoms with Gasteiger partial charge in [-0.1, -0.05) is 46.5 Å². The maximum absolute atomic E-state index is 12.1. The van der Waals surface area contributed by atoms with E-state index in [-0.39, 0.29) is 53.7 Å². The number of aliphatic hydroxyl groups is 1. The average Bonchev–Trinajstić information content (AvgIpc) is 4.03. The van der Waals surface area contributed by atoms with Gasteiger partial charge in [0.25, 0.3) is 0 Å². The summed E-state index contributed by atoms with van der Waals surface area (Å²) < 4.78 is 21.1. The van der Waals surface area contributed by atoms with Crippen molar-refractivity contribution in [1.29, 1.82) is 21.6 Å². The molecular weight excluding hydrogens is 1080 g/mol. The topological polar surface area (TPSA) is 355 Å². The fourth-order valence-corrected chi connectivity index (χ4v) is 7.75. The van der Waals surface area contributed by atoms with E-state index in [1.165, 1.54) is 26.5 Å². The highest BCUT2D eigenvalue weighted by Gasteiger charge is 2.32. The number of ether oxygens (including phenoxy) is 4. The van der Waals surface area contributed by atoms with Crippen LogP contribution in [0, 0.1) is 39.4 Å². The number of amides is 4. The predicted molar refractivity (Wildman–Crippen MR) is 329 cm³/mol. The molecule has 0 saturated carbocycles. The second kappa shape index (κ2) is 41.3. The van der Waals surface area contributed by atoms with E-state index in [0.29, 0.717) is 64.8 Å². The van der Waals surface area contributed by atoms with Crippen molar-refractivity contribution in [3.05, 3.63) is 0 Å². The molecule has 0 spiro atoms. The minimum atomic E-state index is -0.808. The molecule has 1 saturated heterocycles. The van der Waals surface area contributed by atoms with E-state index in [0.717, 1.165) is 70.6 Å². The first-order valence-electron chi connectivity index (χ1n) is 29.6. The van der Waals surface area contributed by atoms with Gasteiger partial charge in [0.2, 0.25) is 0 Å². The van der Waals surface area contributed by atoms with Crippen LogP contribution in [-0.4, -0.2) is 186 Å². The smallest absolute Gasteiger partial charge is 0.415 e. The van der Waals surface area contributed by atoms with Crippen LogP contribution in [0.1, 0.15) is 221 Å². The highest BCUT2D eigenvalue weighted by Crippen LogP contribution is 2.20. The summed E-state index contributed by atoms with van der Waals surface area (Å²) in [7, 11) is 0. The Bertz CT molecular complexity index is 2050. The minimum Gasteiger partial charge on any atom is -0.481 e. The first-order valence-corrected chi connectivity index (χ1v) is 29.6. The summed E-state index contributed by atoms with van der Waals surface area (Å²) in [5.74, 6) is -0.961. The number of nitrogens with one attached hydrogen (secondary N) is 4. The Balaban J connectivity index is -0.00000105. The molecule has 0 aliphatic carbocycles. The second-order valence-electron chi connectivity index (χ2n) is 25.7. The van der Waals surface area contributed by atoms with Crippen molar-refractivity contribution in [1.82, 2.24) is 24.5 Å². The molecule has 1 fully saturated rings. The quantitative estimate of drug-likeness (QED) is 0.0131. The van der Waals surface area contributed by atoms with Gasteiger partial charge in [0, 0.05) is 51.3 Å². The number of aliphatic carboxylic acids is 2. The monoisotopic (exact) mass is 1200 g/mol. The minimum absolute atomic E-state index is 0.0519. The van der Waals surface area contributed by atoms with Crippen LogP contribution in [0.15, 0.2) is 0 Å². The number of carbonyl (C=O) groups excluding carboxylic acids is 5. The van der Waals surface area contributed by atoms with E-state index in [1.54, 1.807) is 90.0 Å². The van der Waals surface area contributed by atoms with E-state index in [1.807, 2.05) is 39.5 Å². The number of rotatable bonds is 26. The second-order valence-corrected chi connectivity index (χ2v) is 25.7. The van der Waals surface area contributed by atoms with E-state index < -0.39 is 64.8 Å². The Morgan fingerprint density at radius 1 is 0.548 bits per heavy atom. The first-order chi connectivity index (χ1) is 38.4. The summed E-state index contributed by atoms with van der Waals surface area (Å²) >= 11 is 0. The van der Waals surface area contributed by atoms with Gasteiger partial charge in [-0.2, -0.15) is 0 Å². The number of carboxylic acid groups (broad SMARTS) is 2. The summed E-state index contributed by atoms with van der Waals surface area (Å²) in [5, 5.41) is 57.5. The van der Waals surface area contributed by atoms with E-state index in [9.17, 15) is 38.7 Å². The van der Waals surface area contributed by atoms with Crippen LogP contribution in [-0.2, 0) is 33.3 Å². The molecule has 84 heavy (non-hydrogen) atoms. The van der Waals surface area contributed by atoms with Crippen LogP contribution in [0.2, 0.25) is 0 Å². The molecule has 1 aliphatic rings. The van der Waals surface area contributed by atoms with Crippen molar-refractivity contribution in [2.75, 3.05) is 45.9 Å². The fraction of sp³-hybridized carbons (Fsp3) is 0.817. The SMILES string of the molecule is CC(=N)N(CCCC[C@H](C)C(=O)O)C(=O)OC(C)(C)C.CC(=N)N(CCCC[C@H](C)C=O)C(=O)OC(C)(C)C.CC(=N)N(CCCC[C@H](C)CO)C(=O)OC(C)(C)C.CC(=N)N(CCCC[C@H](N)CN1CCC[C@H]1C(=O)O)C(=O)OC(C)(C)C. The van der Waals surface area contributed by atoms with Gasteiger partial charge < -0.3 is 44.8 Å². The summed E-state index contributed by atoms with van der Waals surface area (Å²) in [6, 6.07) is -0.504. The molecule has 0 unspecified atom stereocenters. The number of unbranched alkanes of at least 4 members (excludes halogenated alkanes) is 4. The highest BCUT2D eigenvalue weighted by molar-refractivity contribution is 5.94. The van der Waals surface area contributed by atoms with Crippen LogP contribution in [0.4, 0.5) is 19.2 Å². The van der Waals surface area contributed by atoms with Crippen molar-refractivity contribution >= 4 is 65.9 Å². The third-order valence-corrected chi connectivity index (χ3v) is 12.3. The predicted octanol–water partition coefficient (Wildman–Crippen LogP) is 11.6. The van der Waals surface area contributed by atoms with E-state index >= 15 is 0 Å². The molecule has 1 aliphatic heterocycles. The van der Waals surface area contributed by atoms with E-state index in [2.05, 4.69) is 0 Å². The summed E-state index contributed by atoms with van der Waals surface area (Å²) in [6.07, 6.45) is 9.79. The normalized spacial score (nSPS) is 14.8. The zero-order valence-corrected chi connectivity index (χ0v) is 55.0. The Kier molecular flexibility index (Phi) is 40.6. The summed E-state index contributed by atoms with van der Waals surface area (Å²) in [4.78, 5) is 87.4. The van der Waals surface area contributed by atoms with Crippen LogP contribution in [0.25, 0.3) is 0 Å². The van der Waals surface area contributed by atoms with Gasteiger partial charge in [0.1, 0.15) is 58.1 Å². The lowest BCUT2D eigenvalue weighted by Crippen LogP contribution is -2.43. The van der Waals surface area contributed by atoms with Gasteiger partial charge in [-0.25, -0.2) is 19.2 Å². The maximum atomic E-state index is 12.1. The molecule has 1 rings (SSSR count). The molecule has 1 heterocycles. The van der Waals surface area contributed by atoms with Crippen LogP contribution >= 0.6 is 0 Å². The molecule has 488 valence electrons. The third-order valence-electron chi connectivity index (χ3n) is 12.3. The number of hydrogen-bond acceptors (Lipinski definition) is 18. The number of aliphatic hydroxyl groups excluding tert-OH is 1. The third kappa shape index (κ3) is 43.0. The molecule has 0 aromatic carbocycles. The molecule has 0 radical (unpaired) electrons. The number of aldehydes is 1. The molecule has 5 atom stereocenters. The number of carbonyl (C=O) groups is 7. The molecule has 0 bridgehead atoms. The Morgan fingerprint density at radius 3 is 1.13 bits per heavy atom. The van der Waals surface area contributed by atoms with E-state index in [4.69, 9.17) is 56.5 Å². The van der Waals surface area contributed by atoms with Crippen molar-refractivity contribution < 1.29 is 67.8 Å². The molecule has 9 N–H and O–H groups in total. The van der Waals surface area contributed by atoms with Crippen LogP contribution < -0.4 is 5.73 Å². The largest absolute Gasteiger partial charge is 0.481 e. The average molecular weight is 1200 g/mol. The number of nitrogens with zero attached hydrogens (tertiary/aromatic N) is 5. The van der Waals surface area contributed by atoms with Crippen LogP contribution in [0.3, 0.4) is 0 Å². The van der Waals surface area contributed by atoms with Gasteiger partial charge in [0.15, 0.2) is 0 Å². The molecular formula is C60H114N10O14. The summed E-state index contributed by atoms with van der Waals surface area (Å²) in [5.41, 5.74) is 3.86. The number of likely N-dealkylation sites (tertiary alicyclic amines) is 1. The molecule has 0 aromatic rings. The summed E-state index contributed by atoms with van der Waals surface area (Å²) in [6.45, 7) is 36.6. The number of carboxylic acids is 2. The number of nitrogens with two attached hydrogens (primary N) is 1. The van der Waals surface area contributed by atoms with Gasteiger partial charge in [-0.05, 0) is 187 Å². The van der Waals surface area contributed by atoms with Crippen molar-refractivity contribution in [3.63, 3.8) is 0 Å². The van der Waals surface area contributed by atoms with Crippen molar-refractivity contribution in [3.8, 4) is 0 Å². The lowest BCUT2D eigenvalue weighted by Gasteiger charge is -2.27. The first kappa shape index (κ1) is 82.5. The number of amidine groups is 4. The number of hydrogen-bond donors (Lipinski definition) is 8. The van der Waals surface area contributed by atoms with Crippen molar-refractivity contribution in [2.24, 2.45) is 23.5 Å². The lowest BCUT2D eigenvalue weighted by molar-refractivity contribution is -0.142. The molecule has 24 heteroatoms. The zero-order valence-electron chi connectivity index (χ0n) is 55.0. The fourth-order valence-electron chi connectivity index (χ4n) is 7.75. The Labute approximate surface area is 503 Å². The zero-order chi connectivity index (χ0) is 65.9. The standard InChI is InChI=1S/C18H34N4O4.C14H26N2O4.C14H28N2O3.C14H26N2O3/c1-13(19)22(17(25)26-18(2,3)4)11-6-5-8-14(20)12-21-10-7-9-15(21)16(23)24;1-10(12(17)18)8-6-7-9-16(11(2)15)13(19)20-14(3,4)5;2*1-11(10-17)8-6-7-9-16(12(2)15)13(18)19-14(3,4)5/h14-15,19H,5-12,20H2,1-4H3,(H,23,24);10,15H,6-9H2,1-5H3,(H,17,18);11,15,17H,6-10H2,1-5H3;10-11,15H,6-9H2,1-5H3/t14-,15-;10-;2*11-/m0000/s1. The maximum Gasteiger partial charge on any atom is 0.415 e. The van der Waals surface area contributed by atoms with Crippen molar-refractivity contribution in [2.45, 2.75) is 256 Å². The van der Waals surface area contributed by atoms with Gasteiger partial charge in [-0.15, -0.1) is 0 Å². The Hall–Kier alpha value is -5.75. The van der Waals surface area contributed by atoms with Crippen LogP contribution in [0.5, 0.6) is 0 Å². The highest BCUT2D eigenvalue weighted by atomic mass is 16.6. The lowest BCUT2D eigenvalue weighted by atomic mass is 10.0. The molecule has 24 nitrogen and oxygen atoms in total. The van der Waals surface area contributed by atoms with Gasteiger partial charge >= 0.3 is 36.3 Å².